The Kier molecular flexibility index (Phi) is 4.35. The third-order valence-electron chi connectivity index (χ3n) is 4.23. The Morgan fingerprint density at radius 2 is 1.92 bits per heavy atom. The summed E-state index contributed by atoms with van der Waals surface area (Å²) < 4.78 is 5.45. The van der Waals surface area contributed by atoms with Crippen LogP contribution in [0.25, 0.3) is 10.2 Å². The molecule has 0 bridgehead atoms. The van der Waals surface area contributed by atoms with Crippen LogP contribution in [0, 0.1) is 6.92 Å². The molecule has 0 radical (unpaired) electrons. The number of aromatic nitrogens is 4. The molecule has 3 aromatic rings. The summed E-state index contributed by atoms with van der Waals surface area (Å²) in [5.74, 6) is 2.47. The highest BCUT2D eigenvalue weighted by atomic mass is 32.1. The summed E-state index contributed by atoms with van der Waals surface area (Å²) in [6.45, 7) is 8.18. The minimum atomic E-state index is 0.577. The molecule has 0 saturated carbocycles. The van der Waals surface area contributed by atoms with E-state index in [0.29, 0.717) is 12.5 Å². The van der Waals surface area contributed by atoms with Crippen molar-refractivity contribution in [3.05, 3.63) is 29.7 Å². The standard InChI is InChI=1S/C17H20N6OS/c1-3-24-15-10-18-9-14(21-15)22-4-6-23(7-5-22)16-13-8-12(2)25-17(13)20-11-19-16/h8-11H,3-7H2,1-2H3. The van der Waals surface area contributed by atoms with Gasteiger partial charge in [0, 0.05) is 31.1 Å². The second-order valence-corrected chi connectivity index (χ2v) is 7.13. The lowest BCUT2D eigenvalue weighted by Gasteiger charge is -2.36. The number of fused-ring (bicyclic) bond motifs is 1. The molecule has 0 amide bonds. The molecule has 0 atom stereocenters. The molecule has 0 aliphatic carbocycles. The van der Waals surface area contributed by atoms with Gasteiger partial charge < -0.3 is 14.5 Å². The van der Waals surface area contributed by atoms with Crippen LogP contribution in [0.15, 0.2) is 24.8 Å². The predicted octanol–water partition coefficient (Wildman–Crippen LogP) is 2.52. The van der Waals surface area contributed by atoms with E-state index >= 15 is 0 Å². The molecular formula is C17H20N6OS. The Balaban J connectivity index is 1.50. The summed E-state index contributed by atoms with van der Waals surface area (Å²) in [6.07, 6.45) is 5.11. The average Bonchev–Trinajstić information content (AvgIpc) is 3.02. The second kappa shape index (κ2) is 6.79. The van der Waals surface area contributed by atoms with E-state index in [9.17, 15) is 0 Å². The largest absolute Gasteiger partial charge is 0.477 e. The molecule has 1 saturated heterocycles. The molecule has 1 aliphatic rings. The highest BCUT2D eigenvalue weighted by Crippen LogP contribution is 2.30. The molecule has 4 heterocycles. The summed E-state index contributed by atoms with van der Waals surface area (Å²) in [7, 11) is 0. The number of hydrogen-bond acceptors (Lipinski definition) is 8. The van der Waals surface area contributed by atoms with E-state index in [-0.39, 0.29) is 0 Å². The van der Waals surface area contributed by atoms with Crippen LogP contribution in [0.4, 0.5) is 11.6 Å². The fourth-order valence-corrected chi connectivity index (χ4v) is 3.91. The summed E-state index contributed by atoms with van der Waals surface area (Å²) in [5.41, 5.74) is 0. The molecule has 25 heavy (non-hydrogen) atoms. The Bertz CT molecular complexity index is 874. The van der Waals surface area contributed by atoms with Crippen LogP contribution in [-0.2, 0) is 0 Å². The highest BCUT2D eigenvalue weighted by molar-refractivity contribution is 7.18. The first-order valence-corrected chi connectivity index (χ1v) is 9.22. The number of ether oxygens (including phenoxy) is 1. The number of nitrogens with zero attached hydrogens (tertiary/aromatic N) is 6. The van der Waals surface area contributed by atoms with Gasteiger partial charge in [-0.05, 0) is 19.9 Å². The van der Waals surface area contributed by atoms with Gasteiger partial charge >= 0.3 is 0 Å². The van der Waals surface area contributed by atoms with E-state index in [1.807, 2.05) is 6.92 Å². The molecule has 0 spiro atoms. The van der Waals surface area contributed by atoms with E-state index < -0.39 is 0 Å². The first-order valence-electron chi connectivity index (χ1n) is 8.40. The van der Waals surface area contributed by atoms with Crippen molar-refractivity contribution in [2.24, 2.45) is 0 Å². The molecule has 7 nitrogen and oxygen atoms in total. The quantitative estimate of drug-likeness (QED) is 0.711. The van der Waals surface area contributed by atoms with Crippen molar-refractivity contribution >= 4 is 33.2 Å². The van der Waals surface area contributed by atoms with Gasteiger partial charge in [-0.1, -0.05) is 0 Å². The van der Waals surface area contributed by atoms with Gasteiger partial charge in [0.1, 0.15) is 17.0 Å². The van der Waals surface area contributed by atoms with Crippen LogP contribution in [0.2, 0.25) is 0 Å². The van der Waals surface area contributed by atoms with Crippen LogP contribution in [0.5, 0.6) is 5.88 Å². The molecular weight excluding hydrogens is 336 g/mol. The molecule has 130 valence electrons. The van der Waals surface area contributed by atoms with Gasteiger partial charge in [-0.2, -0.15) is 4.98 Å². The molecule has 8 heteroatoms. The number of piperazine rings is 1. The number of rotatable bonds is 4. The Morgan fingerprint density at radius 3 is 2.72 bits per heavy atom. The second-order valence-electron chi connectivity index (χ2n) is 5.90. The van der Waals surface area contributed by atoms with Gasteiger partial charge in [-0.25, -0.2) is 9.97 Å². The average molecular weight is 356 g/mol. The summed E-state index contributed by atoms with van der Waals surface area (Å²) >= 11 is 1.71. The van der Waals surface area contributed by atoms with Crippen LogP contribution in [0.1, 0.15) is 11.8 Å². The summed E-state index contributed by atoms with van der Waals surface area (Å²) in [4.78, 5) is 24.6. The molecule has 0 N–H and O–H groups in total. The van der Waals surface area contributed by atoms with Crippen molar-refractivity contribution in [3.63, 3.8) is 0 Å². The number of aryl methyl sites for hydroxylation is 1. The van der Waals surface area contributed by atoms with Crippen molar-refractivity contribution in [1.82, 2.24) is 19.9 Å². The summed E-state index contributed by atoms with van der Waals surface area (Å²) in [6, 6.07) is 2.18. The molecule has 4 rings (SSSR count). The Morgan fingerprint density at radius 1 is 1.12 bits per heavy atom. The molecule has 1 aliphatic heterocycles. The highest BCUT2D eigenvalue weighted by Gasteiger charge is 2.22. The predicted molar refractivity (Wildman–Crippen MR) is 99.8 cm³/mol. The minimum Gasteiger partial charge on any atom is -0.477 e. The van der Waals surface area contributed by atoms with E-state index in [1.54, 1.807) is 30.1 Å². The van der Waals surface area contributed by atoms with Crippen molar-refractivity contribution in [1.29, 1.82) is 0 Å². The first-order chi connectivity index (χ1) is 12.2. The number of hydrogen-bond donors (Lipinski definition) is 0. The fraction of sp³-hybridized carbons (Fsp3) is 0.412. The van der Waals surface area contributed by atoms with E-state index in [4.69, 9.17) is 4.74 Å². The van der Waals surface area contributed by atoms with Crippen molar-refractivity contribution in [2.75, 3.05) is 42.6 Å². The van der Waals surface area contributed by atoms with E-state index in [1.165, 1.54) is 4.88 Å². The lowest BCUT2D eigenvalue weighted by molar-refractivity contribution is 0.325. The Hall–Kier alpha value is -2.48. The van der Waals surface area contributed by atoms with Crippen LogP contribution in [-0.4, -0.2) is 52.7 Å². The molecule has 0 unspecified atom stereocenters. The maximum Gasteiger partial charge on any atom is 0.234 e. The monoisotopic (exact) mass is 356 g/mol. The van der Waals surface area contributed by atoms with Crippen LogP contribution >= 0.6 is 11.3 Å². The molecule has 3 aromatic heterocycles. The lowest BCUT2D eigenvalue weighted by atomic mass is 10.2. The zero-order valence-electron chi connectivity index (χ0n) is 14.3. The topological polar surface area (TPSA) is 67.3 Å². The number of anilines is 2. The van der Waals surface area contributed by atoms with Gasteiger partial charge in [-0.3, -0.25) is 4.98 Å². The van der Waals surface area contributed by atoms with Crippen molar-refractivity contribution in [3.8, 4) is 5.88 Å². The van der Waals surface area contributed by atoms with Crippen molar-refractivity contribution < 1.29 is 4.74 Å². The Labute approximate surface area is 150 Å². The lowest BCUT2D eigenvalue weighted by Crippen LogP contribution is -2.47. The third kappa shape index (κ3) is 3.21. The maximum absolute atomic E-state index is 5.45. The normalized spacial score (nSPS) is 15.0. The third-order valence-corrected chi connectivity index (χ3v) is 5.19. The van der Waals surface area contributed by atoms with Gasteiger partial charge in [0.25, 0.3) is 0 Å². The van der Waals surface area contributed by atoms with E-state index in [2.05, 4.69) is 42.7 Å². The fourth-order valence-electron chi connectivity index (χ4n) is 3.07. The zero-order valence-corrected chi connectivity index (χ0v) is 15.2. The SMILES string of the molecule is CCOc1cncc(N2CCN(c3ncnc4sc(C)cc34)CC2)n1. The molecule has 1 fully saturated rings. The minimum absolute atomic E-state index is 0.577. The van der Waals surface area contributed by atoms with Crippen molar-refractivity contribution in [2.45, 2.75) is 13.8 Å². The molecule has 0 aromatic carbocycles. The van der Waals surface area contributed by atoms with Crippen LogP contribution in [0.3, 0.4) is 0 Å². The van der Waals surface area contributed by atoms with Crippen LogP contribution < -0.4 is 14.5 Å². The van der Waals surface area contributed by atoms with Gasteiger partial charge in [0.15, 0.2) is 5.82 Å². The number of thiophene rings is 1. The first kappa shape index (κ1) is 16.0. The zero-order chi connectivity index (χ0) is 17.2. The smallest absolute Gasteiger partial charge is 0.234 e. The van der Waals surface area contributed by atoms with Gasteiger partial charge in [0.05, 0.1) is 24.4 Å². The van der Waals surface area contributed by atoms with E-state index in [0.717, 1.165) is 48.0 Å². The van der Waals surface area contributed by atoms with Gasteiger partial charge in [0.2, 0.25) is 5.88 Å². The van der Waals surface area contributed by atoms with Gasteiger partial charge in [-0.15, -0.1) is 11.3 Å². The maximum atomic E-state index is 5.45. The summed E-state index contributed by atoms with van der Waals surface area (Å²) in [5, 5.41) is 1.15.